The van der Waals surface area contributed by atoms with Gasteiger partial charge in [0.05, 0.1) is 5.56 Å². The molecule has 0 atom stereocenters. The molecule has 7 nitrogen and oxygen atoms in total. The molecule has 0 unspecified atom stereocenters. The second-order valence-electron chi connectivity index (χ2n) is 6.02. The van der Waals surface area contributed by atoms with Gasteiger partial charge in [0.2, 0.25) is 6.79 Å². The number of ether oxygens (including phenoxy) is 2. The summed E-state index contributed by atoms with van der Waals surface area (Å²) in [6, 6.07) is 13.0. The van der Waals surface area contributed by atoms with E-state index in [0.717, 1.165) is 16.9 Å². The predicted molar refractivity (Wildman–Crippen MR) is 99.5 cm³/mol. The maximum absolute atomic E-state index is 12.3. The third kappa shape index (κ3) is 4.14. The number of nitrogens with zero attached hydrogens (tertiary/aromatic N) is 2. The molecule has 27 heavy (non-hydrogen) atoms. The molecule has 2 N–H and O–H groups in total. The van der Waals surface area contributed by atoms with Crippen molar-refractivity contribution in [2.75, 3.05) is 12.1 Å². The lowest BCUT2D eigenvalue weighted by molar-refractivity contribution is 0.0950. The molecule has 3 heterocycles. The number of rotatable bonds is 6. The second-order valence-corrected chi connectivity index (χ2v) is 6.02. The molecule has 1 amide bonds. The van der Waals surface area contributed by atoms with Crippen LogP contribution in [0.15, 0.2) is 61.1 Å². The minimum absolute atomic E-state index is 0.182. The van der Waals surface area contributed by atoms with Gasteiger partial charge < -0.3 is 20.1 Å². The molecular formula is C20H18N4O3. The smallest absolute Gasteiger partial charge is 0.253 e. The van der Waals surface area contributed by atoms with Crippen LogP contribution >= 0.6 is 0 Å². The third-order valence-corrected chi connectivity index (χ3v) is 4.11. The van der Waals surface area contributed by atoms with Crippen LogP contribution in [0, 0.1) is 0 Å². The van der Waals surface area contributed by atoms with Crippen molar-refractivity contribution < 1.29 is 14.3 Å². The Balaban J connectivity index is 1.31. The molecule has 0 saturated carbocycles. The van der Waals surface area contributed by atoms with Crippen LogP contribution in [0.5, 0.6) is 11.5 Å². The number of benzene rings is 1. The number of hydrogen-bond donors (Lipinski definition) is 2. The first-order valence-electron chi connectivity index (χ1n) is 8.53. The number of fused-ring (bicyclic) bond motifs is 1. The zero-order valence-electron chi connectivity index (χ0n) is 14.5. The lowest BCUT2D eigenvalue weighted by atomic mass is 10.2. The number of hydrogen-bond acceptors (Lipinski definition) is 6. The quantitative estimate of drug-likeness (QED) is 0.701. The number of pyridine rings is 2. The van der Waals surface area contributed by atoms with Gasteiger partial charge in [-0.15, -0.1) is 0 Å². The Morgan fingerprint density at radius 3 is 2.74 bits per heavy atom. The van der Waals surface area contributed by atoms with Crippen molar-refractivity contribution >= 4 is 11.7 Å². The van der Waals surface area contributed by atoms with Gasteiger partial charge in [-0.25, -0.2) is 4.98 Å². The summed E-state index contributed by atoms with van der Waals surface area (Å²) in [6.45, 7) is 1.25. The summed E-state index contributed by atoms with van der Waals surface area (Å²) in [5.41, 5.74) is 2.50. The maximum atomic E-state index is 12.3. The summed E-state index contributed by atoms with van der Waals surface area (Å²) in [5, 5.41) is 6.08. The first-order chi connectivity index (χ1) is 13.3. The molecule has 0 aliphatic carbocycles. The average Bonchev–Trinajstić information content (AvgIpc) is 3.19. The number of amides is 1. The Kier molecular flexibility index (Phi) is 4.82. The van der Waals surface area contributed by atoms with Gasteiger partial charge in [-0.05, 0) is 41.5 Å². The summed E-state index contributed by atoms with van der Waals surface area (Å²) in [4.78, 5) is 20.7. The summed E-state index contributed by atoms with van der Waals surface area (Å²) in [5.74, 6) is 1.95. The van der Waals surface area contributed by atoms with Crippen LogP contribution in [-0.4, -0.2) is 22.7 Å². The van der Waals surface area contributed by atoms with E-state index < -0.39 is 0 Å². The topological polar surface area (TPSA) is 85.4 Å². The molecule has 4 rings (SSSR count). The first kappa shape index (κ1) is 16.8. The van der Waals surface area contributed by atoms with Crippen LogP contribution < -0.4 is 20.1 Å². The molecule has 2 aromatic heterocycles. The van der Waals surface area contributed by atoms with E-state index >= 15 is 0 Å². The fraction of sp³-hybridized carbons (Fsp3) is 0.150. The molecule has 7 heteroatoms. The van der Waals surface area contributed by atoms with Crippen LogP contribution in [0.3, 0.4) is 0 Å². The highest BCUT2D eigenvalue weighted by Crippen LogP contribution is 2.32. The van der Waals surface area contributed by atoms with Crippen LogP contribution in [-0.2, 0) is 13.1 Å². The van der Waals surface area contributed by atoms with Gasteiger partial charge in [0.25, 0.3) is 5.91 Å². The van der Waals surface area contributed by atoms with Gasteiger partial charge in [0, 0.05) is 31.7 Å². The van der Waals surface area contributed by atoms with Gasteiger partial charge >= 0.3 is 0 Å². The summed E-state index contributed by atoms with van der Waals surface area (Å²) in [7, 11) is 0. The Labute approximate surface area is 156 Å². The van der Waals surface area contributed by atoms with Gasteiger partial charge in [-0.1, -0.05) is 12.1 Å². The predicted octanol–water partition coefficient (Wildman–Crippen LogP) is 2.75. The Morgan fingerprint density at radius 1 is 1.00 bits per heavy atom. The third-order valence-electron chi connectivity index (χ3n) is 4.11. The van der Waals surface area contributed by atoms with E-state index in [0.29, 0.717) is 30.2 Å². The van der Waals surface area contributed by atoms with E-state index in [1.54, 1.807) is 30.7 Å². The number of aromatic nitrogens is 2. The van der Waals surface area contributed by atoms with E-state index in [2.05, 4.69) is 20.6 Å². The molecule has 3 aromatic rings. The van der Waals surface area contributed by atoms with Crippen molar-refractivity contribution in [2.45, 2.75) is 13.1 Å². The van der Waals surface area contributed by atoms with E-state index in [1.807, 2.05) is 30.3 Å². The van der Waals surface area contributed by atoms with E-state index in [-0.39, 0.29) is 12.7 Å². The van der Waals surface area contributed by atoms with Crippen molar-refractivity contribution in [1.82, 2.24) is 15.3 Å². The van der Waals surface area contributed by atoms with Crippen molar-refractivity contribution in [3.63, 3.8) is 0 Å². The summed E-state index contributed by atoms with van der Waals surface area (Å²) < 4.78 is 10.6. The highest BCUT2D eigenvalue weighted by Gasteiger charge is 2.13. The minimum atomic E-state index is -0.182. The summed E-state index contributed by atoms with van der Waals surface area (Å²) >= 11 is 0. The Morgan fingerprint density at radius 2 is 1.93 bits per heavy atom. The van der Waals surface area contributed by atoms with Crippen LogP contribution in [0.2, 0.25) is 0 Å². The number of anilines is 1. The molecule has 136 valence electrons. The molecule has 0 bridgehead atoms. The Bertz CT molecular complexity index is 930. The molecular weight excluding hydrogens is 344 g/mol. The van der Waals surface area contributed by atoms with Gasteiger partial charge in [-0.3, -0.25) is 9.78 Å². The summed E-state index contributed by atoms with van der Waals surface area (Å²) in [6.07, 6.45) is 5.09. The van der Waals surface area contributed by atoms with Crippen LogP contribution in [0.25, 0.3) is 0 Å². The molecule has 0 radical (unpaired) electrons. The minimum Gasteiger partial charge on any atom is -0.454 e. The first-order valence-corrected chi connectivity index (χ1v) is 8.53. The number of carbonyl (C=O) groups is 1. The molecule has 0 saturated heterocycles. The lowest BCUT2D eigenvalue weighted by Crippen LogP contribution is -2.22. The average molecular weight is 362 g/mol. The molecule has 0 fully saturated rings. The normalized spacial score (nSPS) is 11.9. The number of nitrogens with one attached hydrogen (secondary N) is 2. The van der Waals surface area contributed by atoms with Crippen molar-refractivity contribution in [3.8, 4) is 11.5 Å². The van der Waals surface area contributed by atoms with Crippen molar-refractivity contribution in [2.24, 2.45) is 0 Å². The number of carbonyl (C=O) groups excluding carboxylic acids is 1. The standard InChI is InChI=1S/C20H18N4O3/c25-20(24-10-14-3-5-17-18(8-14)27-13-26-17)16-4-6-19(23-12-16)22-11-15-2-1-7-21-9-15/h1-9,12H,10-11,13H2,(H,22,23)(H,24,25). The van der Waals surface area contributed by atoms with E-state index in [4.69, 9.17) is 9.47 Å². The molecule has 1 aromatic carbocycles. The Hall–Kier alpha value is -3.61. The van der Waals surface area contributed by atoms with Crippen LogP contribution in [0.4, 0.5) is 5.82 Å². The van der Waals surface area contributed by atoms with Crippen molar-refractivity contribution in [3.05, 3.63) is 77.7 Å². The van der Waals surface area contributed by atoms with Gasteiger partial charge in [0.15, 0.2) is 11.5 Å². The second kappa shape index (κ2) is 7.74. The van der Waals surface area contributed by atoms with E-state index in [1.165, 1.54) is 0 Å². The monoisotopic (exact) mass is 362 g/mol. The SMILES string of the molecule is O=C(NCc1ccc2c(c1)OCO2)c1ccc(NCc2cccnc2)nc1. The zero-order valence-corrected chi connectivity index (χ0v) is 14.5. The highest BCUT2D eigenvalue weighted by atomic mass is 16.7. The molecule has 1 aliphatic heterocycles. The molecule has 1 aliphatic rings. The fourth-order valence-electron chi connectivity index (χ4n) is 2.66. The van der Waals surface area contributed by atoms with Gasteiger partial charge in [0.1, 0.15) is 5.82 Å². The van der Waals surface area contributed by atoms with Gasteiger partial charge in [-0.2, -0.15) is 0 Å². The fourth-order valence-corrected chi connectivity index (χ4v) is 2.66. The van der Waals surface area contributed by atoms with E-state index in [9.17, 15) is 4.79 Å². The largest absolute Gasteiger partial charge is 0.454 e. The molecule has 0 spiro atoms. The van der Waals surface area contributed by atoms with Crippen molar-refractivity contribution in [1.29, 1.82) is 0 Å². The highest BCUT2D eigenvalue weighted by molar-refractivity contribution is 5.94. The lowest BCUT2D eigenvalue weighted by Gasteiger charge is -2.08. The van der Waals surface area contributed by atoms with Crippen LogP contribution in [0.1, 0.15) is 21.5 Å². The zero-order chi connectivity index (χ0) is 18.5. The maximum Gasteiger partial charge on any atom is 0.253 e.